The number of likely N-dealkylation sites (tertiary alicyclic amines) is 1. The summed E-state index contributed by atoms with van der Waals surface area (Å²) in [5, 5.41) is 8.40. The zero-order valence-corrected chi connectivity index (χ0v) is 14.6. The molecular formula is C19H24N4O. The molecule has 1 amide bonds. The van der Waals surface area contributed by atoms with Gasteiger partial charge in [0.1, 0.15) is 12.2 Å². The first-order valence-corrected chi connectivity index (χ1v) is 8.70. The minimum atomic E-state index is 0.151. The average molecular weight is 324 g/mol. The lowest BCUT2D eigenvalue weighted by molar-refractivity contribution is 0.0723. The molecule has 5 heteroatoms. The van der Waals surface area contributed by atoms with Gasteiger partial charge in [0, 0.05) is 31.6 Å². The fraction of sp³-hybridized carbons (Fsp3) is 0.526. The van der Waals surface area contributed by atoms with Crippen LogP contribution < -0.4 is 0 Å². The summed E-state index contributed by atoms with van der Waals surface area (Å²) in [6.07, 6.45) is 5.37. The van der Waals surface area contributed by atoms with E-state index in [1.54, 1.807) is 6.33 Å². The van der Waals surface area contributed by atoms with Crippen LogP contribution in [0, 0.1) is 19.3 Å². The molecule has 126 valence electrons. The smallest absolute Gasteiger partial charge is 0.253 e. The molecule has 1 saturated carbocycles. The minimum Gasteiger partial charge on any atom is -0.337 e. The molecule has 1 aliphatic carbocycles. The third-order valence-corrected chi connectivity index (χ3v) is 5.81. The van der Waals surface area contributed by atoms with E-state index in [4.69, 9.17) is 0 Å². The summed E-state index contributed by atoms with van der Waals surface area (Å²) < 4.78 is 2.01. The van der Waals surface area contributed by atoms with Gasteiger partial charge in [-0.1, -0.05) is 23.6 Å². The number of rotatable bonds is 2. The Kier molecular flexibility index (Phi) is 3.48. The van der Waals surface area contributed by atoms with Gasteiger partial charge in [0.15, 0.2) is 0 Å². The van der Waals surface area contributed by atoms with Crippen LogP contribution in [0.15, 0.2) is 24.5 Å². The van der Waals surface area contributed by atoms with Crippen LogP contribution in [-0.4, -0.2) is 38.7 Å². The summed E-state index contributed by atoms with van der Waals surface area (Å²) in [5.74, 6) is 1.47. The van der Waals surface area contributed by atoms with Gasteiger partial charge in [-0.3, -0.25) is 4.79 Å². The largest absolute Gasteiger partial charge is 0.337 e. The van der Waals surface area contributed by atoms with Crippen molar-refractivity contribution < 1.29 is 4.79 Å². The standard InChI is InChI=1S/C19H24N4O/c1-13-7-14(2)9-15(8-13)18(24)23-10-16(17-21-20-12-22(17)3)19(11-23)5-4-6-19/h7-9,12,16H,4-6,10-11H2,1-3H3. The van der Waals surface area contributed by atoms with Crippen molar-refractivity contribution in [2.45, 2.75) is 39.0 Å². The van der Waals surface area contributed by atoms with Gasteiger partial charge in [-0.15, -0.1) is 10.2 Å². The third kappa shape index (κ3) is 2.34. The SMILES string of the molecule is Cc1cc(C)cc(C(=O)N2CC(c3nncn3C)C3(CCC3)C2)c1. The number of carbonyl (C=O) groups is 1. The second-order valence-corrected chi connectivity index (χ2v) is 7.63. The molecule has 5 nitrogen and oxygen atoms in total. The van der Waals surface area contributed by atoms with E-state index in [2.05, 4.69) is 16.3 Å². The molecule has 2 fully saturated rings. The number of carbonyl (C=O) groups excluding carboxylic acids is 1. The van der Waals surface area contributed by atoms with E-state index in [1.165, 1.54) is 19.3 Å². The number of benzene rings is 1. The molecule has 4 rings (SSSR count). The number of amides is 1. The molecule has 0 bridgehead atoms. The lowest BCUT2D eigenvalue weighted by Gasteiger charge is -2.42. The Morgan fingerprint density at radius 1 is 1.21 bits per heavy atom. The zero-order valence-electron chi connectivity index (χ0n) is 14.6. The van der Waals surface area contributed by atoms with Gasteiger partial charge in [0.25, 0.3) is 5.91 Å². The molecule has 0 N–H and O–H groups in total. The van der Waals surface area contributed by atoms with E-state index in [0.717, 1.165) is 35.6 Å². The predicted molar refractivity (Wildman–Crippen MR) is 91.8 cm³/mol. The monoisotopic (exact) mass is 324 g/mol. The summed E-state index contributed by atoms with van der Waals surface area (Å²) in [4.78, 5) is 15.1. The molecule has 2 aliphatic rings. The molecule has 1 atom stereocenters. The first-order chi connectivity index (χ1) is 11.5. The topological polar surface area (TPSA) is 51.0 Å². The maximum atomic E-state index is 13.1. The van der Waals surface area contributed by atoms with Gasteiger partial charge < -0.3 is 9.47 Å². The molecule has 1 aliphatic heterocycles. The number of hydrogen-bond donors (Lipinski definition) is 0. The van der Waals surface area contributed by atoms with Crippen molar-refractivity contribution in [2.75, 3.05) is 13.1 Å². The van der Waals surface area contributed by atoms with Gasteiger partial charge in [0.05, 0.1) is 0 Å². The second kappa shape index (κ2) is 5.43. The summed E-state index contributed by atoms with van der Waals surface area (Å²) in [5.41, 5.74) is 3.29. The van der Waals surface area contributed by atoms with E-state index >= 15 is 0 Å². The lowest BCUT2D eigenvalue weighted by atomic mass is 9.62. The number of nitrogens with zero attached hydrogens (tertiary/aromatic N) is 4. The zero-order chi connectivity index (χ0) is 16.9. The number of hydrogen-bond acceptors (Lipinski definition) is 3. The minimum absolute atomic E-state index is 0.151. The highest BCUT2D eigenvalue weighted by Crippen LogP contribution is 2.55. The predicted octanol–water partition coefficient (Wildman–Crippen LogP) is 2.84. The van der Waals surface area contributed by atoms with Gasteiger partial charge in [-0.05, 0) is 44.2 Å². The molecule has 0 radical (unpaired) electrons. The van der Waals surface area contributed by atoms with Gasteiger partial charge in [0.2, 0.25) is 0 Å². The Labute approximate surface area is 142 Å². The maximum absolute atomic E-state index is 13.1. The number of aryl methyl sites for hydroxylation is 3. The molecular weight excluding hydrogens is 300 g/mol. The fourth-order valence-electron chi connectivity index (χ4n) is 4.50. The molecule has 1 unspecified atom stereocenters. The maximum Gasteiger partial charge on any atom is 0.253 e. The van der Waals surface area contributed by atoms with Crippen LogP contribution in [0.2, 0.25) is 0 Å². The van der Waals surface area contributed by atoms with Crippen molar-refractivity contribution in [3.63, 3.8) is 0 Å². The van der Waals surface area contributed by atoms with Crippen LogP contribution in [0.3, 0.4) is 0 Å². The van der Waals surface area contributed by atoms with Gasteiger partial charge in [-0.25, -0.2) is 0 Å². The average Bonchev–Trinajstić information content (AvgIpc) is 3.08. The Hall–Kier alpha value is -2.17. The molecule has 1 spiro atoms. The van der Waals surface area contributed by atoms with Crippen LogP contribution in [0.4, 0.5) is 0 Å². The van der Waals surface area contributed by atoms with Crippen LogP contribution >= 0.6 is 0 Å². The Bertz CT molecular complexity index is 770. The van der Waals surface area contributed by atoms with E-state index in [9.17, 15) is 4.79 Å². The molecule has 24 heavy (non-hydrogen) atoms. The molecule has 2 aromatic rings. The van der Waals surface area contributed by atoms with Crippen LogP contribution in [0.1, 0.15) is 52.5 Å². The van der Waals surface area contributed by atoms with Crippen molar-refractivity contribution in [2.24, 2.45) is 12.5 Å². The van der Waals surface area contributed by atoms with Gasteiger partial charge in [-0.2, -0.15) is 0 Å². The first kappa shape index (κ1) is 15.4. The van der Waals surface area contributed by atoms with Gasteiger partial charge >= 0.3 is 0 Å². The van der Waals surface area contributed by atoms with Crippen molar-refractivity contribution in [3.05, 3.63) is 47.0 Å². The summed E-state index contributed by atoms with van der Waals surface area (Å²) in [7, 11) is 2.00. The van der Waals surface area contributed by atoms with Crippen LogP contribution in [-0.2, 0) is 7.05 Å². The first-order valence-electron chi connectivity index (χ1n) is 8.70. The number of aromatic nitrogens is 3. The Morgan fingerprint density at radius 2 is 1.92 bits per heavy atom. The van der Waals surface area contributed by atoms with Crippen molar-refractivity contribution in [3.8, 4) is 0 Å². The summed E-state index contributed by atoms with van der Waals surface area (Å²) >= 11 is 0. The van der Waals surface area contributed by atoms with Crippen LogP contribution in [0.25, 0.3) is 0 Å². The highest BCUT2D eigenvalue weighted by Gasteiger charge is 2.53. The highest BCUT2D eigenvalue weighted by atomic mass is 16.2. The van der Waals surface area contributed by atoms with E-state index in [1.807, 2.05) is 42.5 Å². The Balaban J connectivity index is 1.64. The molecule has 2 heterocycles. The lowest BCUT2D eigenvalue weighted by Crippen LogP contribution is -2.38. The second-order valence-electron chi connectivity index (χ2n) is 7.63. The quantitative estimate of drug-likeness (QED) is 0.853. The normalized spacial score (nSPS) is 22.0. The molecule has 1 aromatic heterocycles. The summed E-state index contributed by atoms with van der Waals surface area (Å²) in [6, 6.07) is 6.10. The third-order valence-electron chi connectivity index (χ3n) is 5.81. The molecule has 1 aromatic carbocycles. The van der Waals surface area contributed by atoms with Crippen molar-refractivity contribution in [1.29, 1.82) is 0 Å². The fourth-order valence-corrected chi connectivity index (χ4v) is 4.50. The van der Waals surface area contributed by atoms with Crippen molar-refractivity contribution >= 4 is 5.91 Å². The van der Waals surface area contributed by atoms with E-state index in [0.29, 0.717) is 5.92 Å². The van der Waals surface area contributed by atoms with Crippen LogP contribution in [0.5, 0.6) is 0 Å². The Morgan fingerprint density at radius 3 is 2.46 bits per heavy atom. The molecule has 1 saturated heterocycles. The van der Waals surface area contributed by atoms with E-state index in [-0.39, 0.29) is 11.3 Å². The summed E-state index contributed by atoms with van der Waals surface area (Å²) in [6.45, 7) is 5.68. The van der Waals surface area contributed by atoms with Crippen molar-refractivity contribution in [1.82, 2.24) is 19.7 Å². The highest BCUT2D eigenvalue weighted by molar-refractivity contribution is 5.95. The van der Waals surface area contributed by atoms with E-state index < -0.39 is 0 Å².